The highest BCUT2D eigenvalue weighted by Gasteiger charge is 2.17. The number of rotatable bonds is 10. The molecule has 0 heterocycles. The van der Waals surface area contributed by atoms with Crippen molar-refractivity contribution in [2.24, 2.45) is 0 Å². The number of carbonyl (C=O) groups is 3. The van der Waals surface area contributed by atoms with Gasteiger partial charge in [0.2, 0.25) is 0 Å². The number of allylic oxidation sites excluding steroid dienone is 1. The molecule has 0 aliphatic carbocycles. The standard InChI is InChI=1S/C33H27ClN2O5/c1-40-30-10-6-9-25(31(30)41-2)21-28(36-32(38)24-7-4-3-5-8-24)33(39)35-27-18-14-23(15-19-27)29(37)20-13-22-11-16-26(34)17-12-22/h3-21H,1-2H3,(H,35,39)(H,36,38)/b20-13+,28-21-. The highest BCUT2D eigenvalue weighted by Crippen LogP contribution is 2.32. The average Bonchev–Trinajstić information content (AvgIpc) is 3.00. The first-order valence-electron chi connectivity index (χ1n) is 12.6. The maximum atomic E-state index is 13.4. The van der Waals surface area contributed by atoms with E-state index in [0.29, 0.717) is 38.9 Å². The van der Waals surface area contributed by atoms with Crippen molar-refractivity contribution in [3.63, 3.8) is 0 Å². The Morgan fingerprint density at radius 3 is 2.12 bits per heavy atom. The number of nitrogens with one attached hydrogen (secondary N) is 2. The zero-order valence-corrected chi connectivity index (χ0v) is 23.1. The number of halogens is 1. The summed E-state index contributed by atoms with van der Waals surface area (Å²) in [5.41, 5.74) is 2.62. The Hall–Kier alpha value is -5.14. The smallest absolute Gasteiger partial charge is 0.272 e. The lowest BCUT2D eigenvalue weighted by atomic mass is 10.1. The minimum absolute atomic E-state index is 0.0172. The van der Waals surface area contributed by atoms with Gasteiger partial charge in [0.15, 0.2) is 17.3 Å². The summed E-state index contributed by atoms with van der Waals surface area (Å²) in [6.45, 7) is 0. The maximum Gasteiger partial charge on any atom is 0.272 e. The van der Waals surface area contributed by atoms with Gasteiger partial charge in [0.1, 0.15) is 5.70 Å². The van der Waals surface area contributed by atoms with Gasteiger partial charge >= 0.3 is 0 Å². The summed E-state index contributed by atoms with van der Waals surface area (Å²) in [6.07, 6.45) is 4.68. The monoisotopic (exact) mass is 566 g/mol. The fraction of sp³-hybridized carbons (Fsp3) is 0.0606. The SMILES string of the molecule is COc1cccc(/C=C(\NC(=O)c2ccccc2)C(=O)Nc2ccc(C(=O)/C=C/c3ccc(Cl)cc3)cc2)c1OC. The van der Waals surface area contributed by atoms with E-state index in [1.54, 1.807) is 91.0 Å². The lowest BCUT2D eigenvalue weighted by Gasteiger charge is -2.14. The Balaban J connectivity index is 1.55. The molecule has 2 amide bonds. The van der Waals surface area contributed by atoms with Crippen LogP contribution in [0.1, 0.15) is 31.8 Å². The summed E-state index contributed by atoms with van der Waals surface area (Å²) in [5, 5.41) is 6.09. The first kappa shape index (κ1) is 28.9. The van der Waals surface area contributed by atoms with E-state index in [0.717, 1.165) is 5.56 Å². The zero-order chi connectivity index (χ0) is 29.2. The molecule has 0 spiro atoms. The summed E-state index contributed by atoms with van der Waals surface area (Å²) < 4.78 is 10.9. The molecule has 0 saturated heterocycles. The second-order valence-corrected chi connectivity index (χ2v) is 9.18. The predicted octanol–water partition coefficient (Wildman–Crippen LogP) is 6.66. The number of amides is 2. The molecule has 8 heteroatoms. The predicted molar refractivity (Wildman–Crippen MR) is 161 cm³/mol. The molecule has 0 bridgehead atoms. The van der Waals surface area contributed by atoms with E-state index in [4.69, 9.17) is 21.1 Å². The summed E-state index contributed by atoms with van der Waals surface area (Å²) in [7, 11) is 3.00. The van der Waals surface area contributed by atoms with Crippen LogP contribution in [0.5, 0.6) is 11.5 Å². The van der Waals surface area contributed by atoms with E-state index in [1.165, 1.54) is 26.4 Å². The molecule has 4 rings (SSSR count). The molecular weight excluding hydrogens is 540 g/mol. The van der Waals surface area contributed by atoms with E-state index in [2.05, 4.69) is 10.6 Å². The van der Waals surface area contributed by atoms with Crippen molar-refractivity contribution in [1.82, 2.24) is 5.32 Å². The van der Waals surface area contributed by atoms with Crippen LogP contribution in [0.3, 0.4) is 0 Å². The largest absolute Gasteiger partial charge is 0.493 e. The Labute approximate surface area is 243 Å². The minimum atomic E-state index is -0.569. The van der Waals surface area contributed by atoms with Crippen LogP contribution < -0.4 is 20.1 Å². The molecule has 0 atom stereocenters. The molecule has 0 saturated carbocycles. The van der Waals surface area contributed by atoms with Gasteiger partial charge in [0.05, 0.1) is 14.2 Å². The molecule has 4 aromatic rings. The van der Waals surface area contributed by atoms with Crippen molar-refractivity contribution in [3.8, 4) is 11.5 Å². The highest BCUT2D eigenvalue weighted by atomic mass is 35.5. The first-order chi connectivity index (χ1) is 19.9. The second kappa shape index (κ2) is 13.8. The third-order valence-electron chi connectivity index (χ3n) is 5.99. The highest BCUT2D eigenvalue weighted by molar-refractivity contribution is 6.30. The Morgan fingerprint density at radius 2 is 1.46 bits per heavy atom. The number of ether oxygens (including phenoxy) is 2. The molecule has 2 N–H and O–H groups in total. The van der Waals surface area contributed by atoms with E-state index in [1.807, 2.05) is 12.1 Å². The molecular formula is C33H27ClN2O5. The summed E-state index contributed by atoms with van der Waals surface area (Å²) in [5.74, 6) is -0.341. The van der Waals surface area contributed by atoms with Gasteiger partial charge in [0, 0.05) is 27.4 Å². The van der Waals surface area contributed by atoms with E-state index in [-0.39, 0.29) is 11.5 Å². The molecule has 0 unspecified atom stereocenters. The van der Waals surface area contributed by atoms with Gasteiger partial charge in [-0.15, -0.1) is 0 Å². The fourth-order valence-corrected chi connectivity index (χ4v) is 4.01. The van der Waals surface area contributed by atoms with Crippen LogP contribution >= 0.6 is 11.6 Å². The topological polar surface area (TPSA) is 93.7 Å². The molecule has 0 aliphatic rings. The van der Waals surface area contributed by atoms with E-state index >= 15 is 0 Å². The number of ketones is 1. The summed E-state index contributed by atoms with van der Waals surface area (Å²) in [4.78, 5) is 38.9. The van der Waals surface area contributed by atoms with Crippen molar-refractivity contribution in [1.29, 1.82) is 0 Å². The van der Waals surface area contributed by atoms with Crippen LogP contribution in [0.2, 0.25) is 5.02 Å². The van der Waals surface area contributed by atoms with Crippen LogP contribution in [0.4, 0.5) is 5.69 Å². The van der Waals surface area contributed by atoms with Crippen LogP contribution in [0.25, 0.3) is 12.2 Å². The van der Waals surface area contributed by atoms with Crippen molar-refractivity contribution in [2.45, 2.75) is 0 Å². The van der Waals surface area contributed by atoms with Gasteiger partial charge < -0.3 is 20.1 Å². The fourth-order valence-electron chi connectivity index (χ4n) is 3.88. The van der Waals surface area contributed by atoms with Crippen molar-refractivity contribution in [2.75, 3.05) is 19.5 Å². The quantitative estimate of drug-likeness (QED) is 0.165. The lowest BCUT2D eigenvalue weighted by Crippen LogP contribution is -2.30. The van der Waals surface area contributed by atoms with Gasteiger partial charge in [-0.1, -0.05) is 60.1 Å². The number of hydrogen-bond donors (Lipinski definition) is 2. The molecule has 0 aromatic heterocycles. The van der Waals surface area contributed by atoms with E-state index in [9.17, 15) is 14.4 Å². The number of para-hydroxylation sites is 1. The Bertz CT molecular complexity index is 1600. The minimum Gasteiger partial charge on any atom is -0.493 e. The summed E-state index contributed by atoms with van der Waals surface area (Å²) in [6, 6.07) is 27.3. The molecule has 206 valence electrons. The van der Waals surface area contributed by atoms with Crippen molar-refractivity contribution < 1.29 is 23.9 Å². The number of hydrogen-bond acceptors (Lipinski definition) is 5. The molecule has 0 radical (unpaired) electrons. The molecule has 0 aliphatic heterocycles. The zero-order valence-electron chi connectivity index (χ0n) is 22.4. The maximum absolute atomic E-state index is 13.4. The number of methoxy groups -OCH3 is 2. The van der Waals surface area contributed by atoms with Crippen LogP contribution in [0.15, 0.2) is 109 Å². The average molecular weight is 567 g/mol. The number of carbonyl (C=O) groups excluding carboxylic acids is 3. The lowest BCUT2D eigenvalue weighted by molar-refractivity contribution is -0.113. The third-order valence-corrected chi connectivity index (χ3v) is 6.24. The van der Waals surface area contributed by atoms with Crippen LogP contribution in [-0.2, 0) is 4.79 Å². The number of anilines is 1. The third kappa shape index (κ3) is 7.71. The van der Waals surface area contributed by atoms with Gasteiger partial charge in [-0.3, -0.25) is 14.4 Å². The Morgan fingerprint density at radius 1 is 0.756 bits per heavy atom. The van der Waals surface area contributed by atoms with Crippen molar-refractivity contribution in [3.05, 3.63) is 136 Å². The van der Waals surface area contributed by atoms with Gasteiger partial charge in [0.25, 0.3) is 11.8 Å². The molecule has 41 heavy (non-hydrogen) atoms. The number of benzene rings is 4. The first-order valence-corrected chi connectivity index (χ1v) is 12.9. The van der Waals surface area contributed by atoms with Gasteiger partial charge in [-0.2, -0.15) is 0 Å². The van der Waals surface area contributed by atoms with Crippen molar-refractivity contribution >= 4 is 47.0 Å². The van der Waals surface area contributed by atoms with Crippen LogP contribution in [0, 0.1) is 0 Å². The van der Waals surface area contributed by atoms with Gasteiger partial charge in [-0.25, -0.2) is 0 Å². The summed E-state index contributed by atoms with van der Waals surface area (Å²) >= 11 is 5.90. The van der Waals surface area contributed by atoms with Crippen LogP contribution in [-0.4, -0.2) is 31.8 Å². The Kier molecular flexibility index (Phi) is 9.70. The normalized spacial score (nSPS) is 11.1. The van der Waals surface area contributed by atoms with Gasteiger partial charge in [-0.05, 0) is 72.3 Å². The second-order valence-electron chi connectivity index (χ2n) is 8.74. The molecule has 0 fully saturated rings. The molecule has 7 nitrogen and oxygen atoms in total. The molecule has 4 aromatic carbocycles. The van der Waals surface area contributed by atoms with E-state index < -0.39 is 11.8 Å².